The number of nitrogens with one attached hydrogen (secondary N) is 1. The molecule has 0 bridgehead atoms. The van der Waals surface area contributed by atoms with Crippen molar-refractivity contribution in [2.24, 2.45) is 0 Å². The number of amides is 2. The third-order valence-corrected chi connectivity index (χ3v) is 7.01. The van der Waals surface area contributed by atoms with Crippen LogP contribution in [0, 0.1) is 6.92 Å². The predicted molar refractivity (Wildman–Crippen MR) is 153 cm³/mol. The fraction of sp³-hybridized carbons (Fsp3) is 0.355. The van der Waals surface area contributed by atoms with Crippen LogP contribution in [0.25, 0.3) is 0 Å². The van der Waals surface area contributed by atoms with Gasteiger partial charge in [-0.3, -0.25) is 9.59 Å². The molecule has 3 aromatic carbocycles. The highest BCUT2D eigenvalue weighted by Crippen LogP contribution is 2.21. The first-order chi connectivity index (χ1) is 17.7. The third kappa shape index (κ3) is 8.97. The molecule has 0 heterocycles. The number of ether oxygens (including phenoxy) is 1. The van der Waals surface area contributed by atoms with Gasteiger partial charge >= 0.3 is 0 Å². The summed E-state index contributed by atoms with van der Waals surface area (Å²) in [6.07, 6.45) is 0.448. The number of thioether (sulfide) groups is 1. The van der Waals surface area contributed by atoms with E-state index in [2.05, 4.69) is 5.32 Å². The number of methoxy groups -OCH3 is 1. The summed E-state index contributed by atoms with van der Waals surface area (Å²) in [7, 11) is 1.65. The Morgan fingerprint density at radius 2 is 1.57 bits per heavy atom. The van der Waals surface area contributed by atoms with Gasteiger partial charge in [0.1, 0.15) is 11.8 Å². The van der Waals surface area contributed by atoms with Crippen LogP contribution in [0.15, 0.2) is 78.9 Å². The Morgan fingerprint density at radius 3 is 2.19 bits per heavy atom. The van der Waals surface area contributed by atoms with Gasteiger partial charge in [0.25, 0.3) is 0 Å². The van der Waals surface area contributed by atoms with E-state index in [0.29, 0.717) is 18.7 Å². The maximum Gasteiger partial charge on any atom is 0.243 e. The lowest BCUT2D eigenvalue weighted by Gasteiger charge is -2.34. The van der Waals surface area contributed by atoms with Crippen molar-refractivity contribution < 1.29 is 14.3 Å². The van der Waals surface area contributed by atoms with Gasteiger partial charge in [0, 0.05) is 24.3 Å². The van der Waals surface area contributed by atoms with Gasteiger partial charge in [0.15, 0.2) is 0 Å². The van der Waals surface area contributed by atoms with Crippen molar-refractivity contribution in [2.45, 2.75) is 58.0 Å². The molecule has 3 aromatic rings. The van der Waals surface area contributed by atoms with Gasteiger partial charge < -0.3 is 15.0 Å². The van der Waals surface area contributed by atoms with E-state index in [-0.39, 0.29) is 17.6 Å². The normalized spacial score (nSPS) is 12.0. The summed E-state index contributed by atoms with van der Waals surface area (Å²) in [5, 5.41) is 3.12. The lowest BCUT2D eigenvalue weighted by atomic mass is 10.00. The number of carbonyl (C=O) groups excluding carboxylic acids is 2. The summed E-state index contributed by atoms with van der Waals surface area (Å²) in [5.74, 6) is 1.60. The maximum absolute atomic E-state index is 13.8. The summed E-state index contributed by atoms with van der Waals surface area (Å²) >= 11 is 1.56. The molecule has 0 aliphatic carbocycles. The Labute approximate surface area is 225 Å². The van der Waals surface area contributed by atoms with Crippen molar-refractivity contribution in [3.05, 3.63) is 101 Å². The molecule has 0 saturated heterocycles. The predicted octanol–water partition coefficient (Wildman–Crippen LogP) is 5.79. The molecule has 0 aliphatic rings. The molecule has 0 aliphatic heterocycles. The van der Waals surface area contributed by atoms with Crippen LogP contribution in [0.1, 0.15) is 43.0 Å². The number of nitrogens with zero attached hydrogens (tertiary/aromatic N) is 1. The quantitative estimate of drug-likeness (QED) is 0.349. The van der Waals surface area contributed by atoms with Gasteiger partial charge in [-0.25, -0.2) is 0 Å². The number of rotatable bonds is 11. The zero-order valence-corrected chi connectivity index (χ0v) is 23.3. The third-order valence-electron chi connectivity index (χ3n) is 6.02. The molecule has 0 radical (unpaired) electrons. The molecule has 3 rings (SSSR count). The second kappa shape index (κ2) is 13.3. The molecule has 1 atom stereocenters. The van der Waals surface area contributed by atoms with Gasteiger partial charge in [0.05, 0.1) is 12.9 Å². The maximum atomic E-state index is 13.8. The second-order valence-corrected chi connectivity index (χ2v) is 11.2. The Kier molecular flexibility index (Phi) is 10.2. The largest absolute Gasteiger partial charge is 0.497 e. The summed E-state index contributed by atoms with van der Waals surface area (Å²) in [6, 6.07) is 25.2. The van der Waals surface area contributed by atoms with Crippen molar-refractivity contribution in [3.8, 4) is 5.75 Å². The van der Waals surface area contributed by atoms with Crippen LogP contribution < -0.4 is 10.1 Å². The molecule has 1 N–H and O–H groups in total. The first-order valence-electron chi connectivity index (χ1n) is 12.6. The molecule has 5 nitrogen and oxygen atoms in total. The van der Waals surface area contributed by atoms with Gasteiger partial charge in [-0.2, -0.15) is 0 Å². The van der Waals surface area contributed by atoms with Crippen molar-refractivity contribution in [3.63, 3.8) is 0 Å². The standard InChI is InChI=1S/C31H38N2O3S/c1-23-11-9-10-14-26(23)20-33(29(34)22-37-21-25-15-17-27(36-5)18-16-25)28(30(35)32-31(2,3)4)19-24-12-7-6-8-13-24/h6-18,28H,19-22H2,1-5H3,(H,32,35). The second-order valence-electron chi connectivity index (χ2n) is 10.2. The summed E-state index contributed by atoms with van der Waals surface area (Å²) < 4.78 is 5.24. The first-order valence-corrected chi connectivity index (χ1v) is 13.7. The molecular formula is C31H38N2O3S. The number of aryl methyl sites for hydroxylation is 1. The van der Waals surface area contributed by atoms with E-state index in [1.807, 2.05) is 107 Å². The Balaban J connectivity index is 1.85. The van der Waals surface area contributed by atoms with E-state index in [1.165, 1.54) is 0 Å². The van der Waals surface area contributed by atoms with E-state index in [0.717, 1.165) is 28.0 Å². The minimum atomic E-state index is -0.629. The van der Waals surface area contributed by atoms with Gasteiger partial charge in [-0.15, -0.1) is 11.8 Å². The van der Waals surface area contributed by atoms with E-state index >= 15 is 0 Å². The monoisotopic (exact) mass is 518 g/mol. The van der Waals surface area contributed by atoms with Crippen molar-refractivity contribution in [1.82, 2.24) is 10.2 Å². The summed E-state index contributed by atoms with van der Waals surface area (Å²) in [4.78, 5) is 29.1. The molecule has 0 aromatic heterocycles. The Bertz CT molecular complexity index is 1160. The molecule has 1 unspecified atom stereocenters. The van der Waals surface area contributed by atoms with E-state index in [9.17, 15) is 9.59 Å². The fourth-order valence-electron chi connectivity index (χ4n) is 4.04. The van der Waals surface area contributed by atoms with Crippen LogP contribution in [-0.2, 0) is 28.3 Å². The average Bonchev–Trinajstić information content (AvgIpc) is 2.87. The van der Waals surface area contributed by atoms with Crippen LogP contribution >= 0.6 is 11.8 Å². The van der Waals surface area contributed by atoms with Crippen LogP contribution in [0.5, 0.6) is 5.75 Å². The number of carbonyl (C=O) groups is 2. The molecule has 0 fully saturated rings. The fourth-order valence-corrected chi connectivity index (χ4v) is 4.91. The average molecular weight is 519 g/mol. The van der Waals surface area contributed by atoms with Crippen molar-refractivity contribution in [2.75, 3.05) is 12.9 Å². The SMILES string of the molecule is COc1ccc(CSCC(=O)N(Cc2ccccc2C)C(Cc2ccccc2)C(=O)NC(C)(C)C)cc1. The van der Waals surface area contributed by atoms with Crippen LogP contribution in [-0.4, -0.2) is 41.2 Å². The first kappa shape index (κ1) is 28.3. The lowest BCUT2D eigenvalue weighted by Crippen LogP contribution is -2.54. The highest BCUT2D eigenvalue weighted by Gasteiger charge is 2.32. The van der Waals surface area contributed by atoms with Gasteiger partial charge in [0.2, 0.25) is 11.8 Å². The Morgan fingerprint density at radius 1 is 0.919 bits per heavy atom. The van der Waals surface area contributed by atoms with Gasteiger partial charge in [-0.1, -0.05) is 66.7 Å². The molecule has 6 heteroatoms. The number of benzene rings is 3. The summed E-state index contributed by atoms with van der Waals surface area (Å²) in [6.45, 7) is 8.30. The lowest BCUT2D eigenvalue weighted by molar-refractivity contribution is -0.140. The molecule has 2 amide bonds. The number of hydrogen-bond donors (Lipinski definition) is 1. The minimum Gasteiger partial charge on any atom is -0.497 e. The molecule has 0 spiro atoms. The smallest absolute Gasteiger partial charge is 0.243 e. The minimum absolute atomic E-state index is 0.0493. The van der Waals surface area contributed by atoms with Crippen LogP contribution in [0.4, 0.5) is 0 Å². The van der Waals surface area contributed by atoms with E-state index in [1.54, 1.807) is 23.8 Å². The zero-order chi connectivity index (χ0) is 26.8. The zero-order valence-electron chi connectivity index (χ0n) is 22.5. The highest BCUT2D eigenvalue weighted by molar-refractivity contribution is 7.99. The number of hydrogen-bond acceptors (Lipinski definition) is 4. The molecule has 196 valence electrons. The highest BCUT2D eigenvalue weighted by atomic mass is 32.2. The molecule has 37 heavy (non-hydrogen) atoms. The molecular weight excluding hydrogens is 480 g/mol. The summed E-state index contributed by atoms with van der Waals surface area (Å²) in [5.41, 5.74) is 3.87. The van der Waals surface area contributed by atoms with E-state index in [4.69, 9.17) is 4.74 Å². The Hall–Kier alpha value is -3.25. The van der Waals surface area contributed by atoms with Crippen molar-refractivity contribution >= 4 is 23.6 Å². The van der Waals surface area contributed by atoms with Gasteiger partial charge in [-0.05, 0) is 62.1 Å². The topological polar surface area (TPSA) is 58.6 Å². The van der Waals surface area contributed by atoms with Crippen molar-refractivity contribution in [1.29, 1.82) is 0 Å². The molecule has 0 saturated carbocycles. The van der Waals surface area contributed by atoms with Crippen LogP contribution in [0.2, 0.25) is 0 Å². The van der Waals surface area contributed by atoms with Crippen LogP contribution in [0.3, 0.4) is 0 Å². The van der Waals surface area contributed by atoms with E-state index < -0.39 is 11.6 Å².